The highest BCUT2D eigenvalue weighted by molar-refractivity contribution is 7.25. The summed E-state index contributed by atoms with van der Waals surface area (Å²) >= 11 is 1.87. The number of thiophene rings is 1. The van der Waals surface area contributed by atoms with Crippen LogP contribution in [0.2, 0.25) is 0 Å². The Morgan fingerprint density at radius 3 is 1.59 bits per heavy atom. The van der Waals surface area contributed by atoms with E-state index in [4.69, 9.17) is 0 Å². The van der Waals surface area contributed by atoms with E-state index in [0.717, 1.165) is 22.7 Å². The number of anilines is 3. The maximum absolute atomic E-state index is 2.43. The van der Waals surface area contributed by atoms with E-state index in [1.807, 2.05) is 11.3 Å². The molecule has 0 bridgehead atoms. The lowest BCUT2D eigenvalue weighted by Gasteiger charge is -2.28. The summed E-state index contributed by atoms with van der Waals surface area (Å²) < 4.78 is 5.08. The molecule has 276 valence electrons. The molecule has 0 N–H and O–H groups in total. The zero-order valence-corrected chi connectivity index (χ0v) is 32.9. The van der Waals surface area contributed by atoms with Crippen LogP contribution in [0.3, 0.4) is 0 Å². The number of hydrogen-bond donors (Lipinski definition) is 0. The molecule has 0 saturated carbocycles. The van der Waals surface area contributed by atoms with Gasteiger partial charge in [-0.1, -0.05) is 158 Å². The Kier molecular flexibility index (Phi) is 7.75. The molecule has 3 heteroatoms. The van der Waals surface area contributed by atoms with Crippen LogP contribution in [0.5, 0.6) is 0 Å². The summed E-state index contributed by atoms with van der Waals surface area (Å²) in [6, 6.07) is 80.0. The SMILES string of the molecule is c1cc(-c2ccc(-n3c4ccccc4c4ccc(-c5ccc6c(c5)sc5ccccc56)cc43)cc2)cc(N(c2cccc3ccccc23)c2cccc3ccccc23)c1. The highest BCUT2D eigenvalue weighted by Gasteiger charge is 2.19. The van der Waals surface area contributed by atoms with Gasteiger partial charge in [-0.25, -0.2) is 0 Å². The number of fused-ring (bicyclic) bond motifs is 8. The minimum Gasteiger partial charge on any atom is -0.309 e. The van der Waals surface area contributed by atoms with Crippen LogP contribution in [0, 0.1) is 0 Å². The van der Waals surface area contributed by atoms with Gasteiger partial charge in [-0.2, -0.15) is 0 Å². The lowest BCUT2D eigenvalue weighted by molar-refractivity contribution is 1.18. The molecule has 12 rings (SSSR count). The summed E-state index contributed by atoms with van der Waals surface area (Å²) in [6.07, 6.45) is 0. The van der Waals surface area contributed by atoms with Crippen molar-refractivity contribution >= 4 is 91.9 Å². The van der Waals surface area contributed by atoms with Gasteiger partial charge in [-0.05, 0) is 93.7 Å². The van der Waals surface area contributed by atoms with Gasteiger partial charge in [0.25, 0.3) is 0 Å². The Balaban J connectivity index is 0.963. The molecule has 2 nitrogen and oxygen atoms in total. The molecule has 0 aliphatic rings. The highest BCUT2D eigenvalue weighted by Crippen LogP contribution is 2.44. The molecule has 0 saturated heterocycles. The fourth-order valence-electron chi connectivity index (χ4n) is 9.18. The summed E-state index contributed by atoms with van der Waals surface area (Å²) in [5, 5.41) is 10.0. The van der Waals surface area contributed by atoms with Crippen molar-refractivity contribution in [2.45, 2.75) is 0 Å². The smallest absolute Gasteiger partial charge is 0.0547 e. The zero-order chi connectivity index (χ0) is 38.9. The molecule has 0 amide bonds. The van der Waals surface area contributed by atoms with Crippen LogP contribution >= 0.6 is 11.3 Å². The normalized spacial score (nSPS) is 11.7. The van der Waals surface area contributed by atoms with E-state index in [2.05, 4.69) is 228 Å². The van der Waals surface area contributed by atoms with Crippen molar-refractivity contribution < 1.29 is 0 Å². The van der Waals surface area contributed by atoms with Gasteiger partial charge in [0.2, 0.25) is 0 Å². The van der Waals surface area contributed by atoms with Gasteiger partial charge >= 0.3 is 0 Å². The van der Waals surface area contributed by atoms with Crippen molar-refractivity contribution in [2.75, 3.05) is 4.90 Å². The topological polar surface area (TPSA) is 8.17 Å². The van der Waals surface area contributed by atoms with E-state index in [-0.39, 0.29) is 0 Å². The molecular weight excluding hydrogens is 733 g/mol. The van der Waals surface area contributed by atoms with E-state index in [1.165, 1.54) is 85.8 Å². The maximum Gasteiger partial charge on any atom is 0.0547 e. The van der Waals surface area contributed by atoms with Gasteiger partial charge in [0, 0.05) is 53.1 Å². The lowest BCUT2D eigenvalue weighted by Crippen LogP contribution is -2.11. The number of benzene rings is 10. The first-order valence-corrected chi connectivity index (χ1v) is 21.0. The summed E-state index contributed by atoms with van der Waals surface area (Å²) in [4.78, 5) is 2.43. The second-order valence-electron chi connectivity index (χ2n) is 15.3. The average Bonchev–Trinajstić information content (AvgIpc) is 3.84. The quantitative estimate of drug-likeness (QED) is 0.164. The van der Waals surface area contributed by atoms with Crippen molar-refractivity contribution in [1.82, 2.24) is 4.57 Å². The number of nitrogens with zero attached hydrogens (tertiary/aromatic N) is 2. The van der Waals surface area contributed by atoms with Gasteiger partial charge in [0.05, 0.1) is 22.4 Å². The van der Waals surface area contributed by atoms with Crippen LogP contribution in [0.1, 0.15) is 0 Å². The number of aromatic nitrogens is 1. The second-order valence-corrected chi connectivity index (χ2v) is 16.4. The Labute approximate surface area is 346 Å². The maximum atomic E-state index is 2.43. The van der Waals surface area contributed by atoms with E-state index in [1.54, 1.807) is 0 Å². The van der Waals surface area contributed by atoms with Crippen molar-refractivity contribution in [2.24, 2.45) is 0 Å². The van der Waals surface area contributed by atoms with Gasteiger partial charge in [-0.3, -0.25) is 0 Å². The van der Waals surface area contributed by atoms with Gasteiger partial charge < -0.3 is 9.47 Å². The summed E-state index contributed by atoms with van der Waals surface area (Å²) in [7, 11) is 0. The lowest BCUT2D eigenvalue weighted by atomic mass is 10.0. The fraction of sp³-hybridized carbons (Fsp3) is 0. The first-order chi connectivity index (χ1) is 29.2. The molecule has 0 aliphatic heterocycles. The summed E-state index contributed by atoms with van der Waals surface area (Å²) in [6.45, 7) is 0. The van der Waals surface area contributed by atoms with Crippen molar-refractivity contribution in [3.63, 3.8) is 0 Å². The third-order valence-corrected chi connectivity index (χ3v) is 13.1. The number of hydrogen-bond acceptors (Lipinski definition) is 2. The van der Waals surface area contributed by atoms with Gasteiger partial charge in [0.1, 0.15) is 0 Å². The minimum atomic E-state index is 1.11. The molecule has 12 aromatic rings. The van der Waals surface area contributed by atoms with Crippen molar-refractivity contribution in [3.8, 4) is 27.9 Å². The second kappa shape index (κ2) is 13.6. The van der Waals surface area contributed by atoms with E-state index < -0.39 is 0 Å². The molecule has 0 fully saturated rings. The minimum absolute atomic E-state index is 1.11. The predicted octanol–water partition coefficient (Wildman–Crippen LogP) is 16.3. The molecule has 59 heavy (non-hydrogen) atoms. The standard InChI is InChI=1S/C56H36N2S/c1-3-18-45-38(12-1)14-10-23-51(45)58(52-24-11-15-39-13-2-4-19-46(39)52)44-17-9-16-40(34-44)37-26-30-43(31-27-37)57-53-22-7-5-20-47(53)48-32-28-41(35-54(48)57)42-29-33-50-49-21-6-8-25-55(49)59-56(50)36-42/h1-36H. The first-order valence-electron chi connectivity index (χ1n) is 20.2. The third kappa shape index (κ3) is 5.55. The Morgan fingerprint density at radius 2 is 0.847 bits per heavy atom. The number of rotatable bonds is 6. The Hall–Kier alpha value is -7.46. The summed E-state index contributed by atoms with van der Waals surface area (Å²) in [5.74, 6) is 0. The third-order valence-electron chi connectivity index (χ3n) is 12.0. The van der Waals surface area contributed by atoms with E-state index in [0.29, 0.717) is 0 Å². The van der Waals surface area contributed by atoms with Crippen LogP contribution in [0.15, 0.2) is 218 Å². The highest BCUT2D eigenvalue weighted by atomic mass is 32.1. The number of para-hydroxylation sites is 1. The van der Waals surface area contributed by atoms with Crippen molar-refractivity contribution in [3.05, 3.63) is 218 Å². The van der Waals surface area contributed by atoms with Gasteiger partial charge in [0.15, 0.2) is 0 Å². The average molecular weight is 769 g/mol. The molecule has 0 spiro atoms. The van der Waals surface area contributed by atoms with Crippen LogP contribution in [-0.4, -0.2) is 4.57 Å². The van der Waals surface area contributed by atoms with E-state index >= 15 is 0 Å². The molecule has 0 aliphatic carbocycles. The van der Waals surface area contributed by atoms with E-state index in [9.17, 15) is 0 Å². The van der Waals surface area contributed by atoms with Crippen LogP contribution in [0.4, 0.5) is 17.1 Å². The van der Waals surface area contributed by atoms with Crippen LogP contribution in [0.25, 0.3) is 91.5 Å². The first kappa shape index (κ1) is 33.7. The molecule has 0 radical (unpaired) electrons. The van der Waals surface area contributed by atoms with Gasteiger partial charge in [-0.15, -0.1) is 11.3 Å². The van der Waals surface area contributed by atoms with Crippen LogP contribution < -0.4 is 4.90 Å². The molecule has 0 atom stereocenters. The fourth-order valence-corrected chi connectivity index (χ4v) is 10.3. The van der Waals surface area contributed by atoms with Crippen LogP contribution in [-0.2, 0) is 0 Å². The molecule has 2 aromatic heterocycles. The summed E-state index contributed by atoms with van der Waals surface area (Å²) in [5.41, 5.74) is 11.8. The zero-order valence-electron chi connectivity index (χ0n) is 32.1. The molecule has 0 unspecified atom stereocenters. The largest absolute Gasteiger partial charge is 0.309 e. The molecular formula is C56H36N2S. The van der Waals surface area contributed by atoms with Crippen molar-refractivity contribution in [1.29, 1.82) is 0 Å². The predicted molar refractivity (Wildman–Crippen MR) is 254 cm³/mol. The molecule has 2 heterocycles. The monoisotopic (exact) mass is 768 g/mol. The molecule has 10 aromatic carbocycles. The Morgan fingerprint density at radius 1 is 0.322 bits per heavy atom. The Bertz CT molecular complexity index is 3480.